The van der Waals surface area contributed by atoms with E-state index in [2.05, 4.69) is 40.9 Å². The van der Waals surface area contributed by atoms with E-state index >= 15 is 0 Å². The second-order valence-electron chi connectivity index (χ2n) is 12.5. The molecule has 4 rings (SSSR count). The lowest BCUT2D eigenvalue weighted by molar-refractivity contribution is -0.135. The van der Waals surface area contributed by atoms with Crippen LogP contribution in [-0.2, 0) is 26.4 Å². The molecule has 0 saturated carbocycles. The Hall–Kier alpha value is -3.22. The highest BCUT2D eigenvalue weighted by atomic mass is 79.9. The molecule has 0 bridgehead atoms. The molecular formula is C29H36BrN3O7Si. The van der Waals surface area contributed by atoms with Crippen molar-refractivity contribution in [3.05, 3.63) is 63.6 Å². The Balaban J connectivity index is 1.55. The van der Waals surface area contributed by atoms with E-state index in [1.54, 1.807) is 57.2 Å². The van der Waals surface area contributed by atoms with E-state index in [1.807, 2.05) is 0 Å². The summed E-state index contributed by atoms with van der Waals surface area (Å²) in [6, 6.07) is 12.2. The van der Waals surface area contributed by atoms with Crippen LogP contribution < -0.4 is 10.1 Å². The summed E-state index contributed by atoms with van der Waals surface area (Å²) in [5, 5.41) is 2.86. The topological polar surface area (TPSA) is 114 Å². The molecule has 0 aromatic heterocycles. The van der Waals surface area contributed by atoms with Crippen molar-refractivity contribution in [3.8, 4) is 5.75 Å². The molecule has 41 heavy (non-hydrogen) atoms. The van der Waals surface area contributed by atoms with Crippen molar-refractivity contribution in [2.24, 2.45) is 0 Å². The Morgan fingerprint density at radius 1 is 1.07 bits per heavy atom. The number of imide groups is 1. The van der Waals surface area contributed by atoms with Gasteiger partial charge in [-0.15, -0.1) is 0 Å². The van der Waals surface area contributed by atoms with Gasteiger partial charge in [0.05, 0.1) is 6.54 Å². The molecular weight excluding hydrogens is 610 g/mol. The smallest absolute Gasteiger partial charge is 0.428 e. The van der Waals surface area contributed by atoms with Crippen molar-refractivity contribution in [2.75, 3.05) is 19.9 Å². The number of carbonyl (C=O) groups is 4. The SMILES string of the molecule is CC(C)(C)OC(=O)Oc1ccc2c(c1)C(=O)N(C[C@@]1(c3ccc(Br)cc3)NC(=O)N(COCC[Si](C)(C)C)C1=O)C2. The maximum atomic E-state index is 13.9. The molecule has 220 valence electrons. The van der Waals surface area contributed by atoms with Crippen LogP contribution in [0, 0.1) is 0 Å². The van der Waals surface area contributed by atoms with Crippen molar-refractivity contribution in [3.63, 3.8) is 0 Å². The molecule has 1 N–H and O–H groups in total. The van der Waals surface area contributed by atoms with Crippen LogP contribution in [0.1, 0.15) is 42.3 Å². The molecule has 1 saturated heterocycles. The van der Waals surface area contributed by atoms with Gasteiger partial charge in [-0.05, 0) is 62.2 Å². The van der Waals surface area contributed by atoms with Gasteiger partial charge in [0.2, 0.25) is 0 Å². The number of hydrogen-bond donors (Lipinski definition) is 1. The normalized spacial score (nSPS) is 19.0. The van der Waals surface area contributed by atoms with E-state index in [1.165, 1.54) is 11.0 Å². The Morgan fingerprint density at radius 2 is 1.76 bits per heavy atom. The third-order valence-corrected chi connectivity index (χ3v) is 8.94. The summed E-state index contributed by atoms with van der Waals surface area (Å²) in [5.74, 6) is -0.670. The van der Waals surface area contributed by atoms with Gasteiger partial charge < -0.3 is 24.4 Å². The largest absolute Gasteiger partial charge is 0.514 e. The molecule has 0 unspecified atom stereocenters. The minimum atomic E-state index is -1.51. The maximum absolute atomic E-state index is 13.9. The summed E-state index contributed by atoms with van der Waals surface area (Å²) in [4.78, 5) is 55.3. The minimum absolute atomic E-state index is 0.0968. The number of hydrogen-bond acceptors (Lipinski definition) is 7. The first-order valence-electron chi connectivity index (χ1n) is 13.4. The van der Waals surface area contributed by atoms with Crippen molar-refractivity contribution in [2.45, 2.75) is 64.1 Å². The van der Waals surface area contributed by atoms with E-state index in [9.17, 15) is 19.2 Å². The van der Waals surface area contributed by atoms with Gasteiger partial charge in [0.1, 0.15) is 18.1 Å². The van der Waals surface area contributed by atoms with Crippen LogP contribution in [0.15, 0.2) is 46.9 Å². The highest BCUT2D eigenvalue weighted by molar-refractivity contribution is 9.10. The van der Waals surface area contributed by atoms with E-state index in [4.69, 9.17) is 14.2 Å². The van der Waals surface area contributed by atoms with Gasteiger partial charge >= 0.3 is 12.2 Å². The number of urea groups is 1. The highest BCUT2D eigenvalue weighted by Crippen LogP contribution is 2.35. The average Bonchev–Trinajstić information content (AvgIpc) is 3.28. The van der Waals surface area contributed by atoms with Crippen LogP contribution in [0.4, 0.5) is 9.59 Å². The van der Waals surface area contributed by atoms with Crippen LogP contribution in [-0.4, -0.2) is 67.4 Å². The van der Waals surface area contributed by atoms with E-state index in [0.29, 0.717) is 23.3 Å². The number of nitrogens with one attached hydrogen (secondary N) is 1. The molecule has 2 aliphatic heterocycles. The van der Waals surface area contributed by atoms with E-state index < -0.39 is 37.3 Å². The van der Waals surface area contributed by atoms with Crippen LogP contribution in [0.5, 0.6) is 5.75 Å². The number of ether oxygens (including phenoxy) is 3. The van der Waals surface area contributed by atoms with Gasteiger partial charge in [-0.2, -0.15) is 0 Å². The van der Waals surface area contributed by atoms with Crippen molar-refractivity contribution in [1.82, 2.24) is 15.1 Å². The van der Waals surface area contributed by atoms with Gasteiger partial charge in [0.25, 0.3) is 11.8 Å². The van der Waals surface area contributed by atoms with Crippen molar-refractivity contribution < 1.29 is 33.4 Å². The molecule has 0 radical (unpaired) electrons. The number of halogens is 1. The third kappa shape index (κ3) is 7.17. The number of rotatable bonds is 9. The molecule has 12 heteroatoms. The summed E-state index contributed by atoms with van der Waals surface area (Å²) in [6.07, 6.45) is -0.875. The lowest BCUT2D eigenvalue weighted by atomic mass is 9.89. The zero-order valence-electron chi connectivity index (χ0n) is 24.2. The first-order valence-corrected chi connectivity index (χ1v) is 17.9. The van der Waals surface area contributed by atoms with Crippen LogP contribution in [0.25, 0.3) is 0 Å². The third-order valence-electron chi connectivity index (χ3n) is 6.71. The molecule has 10 nitrogen and oxygen atoms in total. The first-order chi connectivity index (χ1) is 19.1. The maximum Gasteiger partial charge on any atom is 0.514 e. The molecule has 2 aromatic rings. The van der Waals surface area contributed by atoms with E-state index in [-0.39, 0.29) is 31.5 Å². The van der Waals surface area contributed by atoms with Gasteiger partial charge in [0, 0.05) is 31.3 Å². The molecule has 2 aliphatic rings. The lowest BCUT2D eigenvalue weighted by Gasteiger charge is -2.32. The summed E-state index contributed by atoms with van der Waals surface area (Å²) in [6.45, 7) is 12.2. The number of amides is 4. The number of carbonyl (C=O) groups excluding carboxylic acids is 4. The van der Waals surface area contributed by atoms with Crippen LogP contribution >= 0.6 is 15.9 Å². The van der Waals surface area contributed by atoms with Crippen molar-refractivity contribution in [1.29, 1.82) is 0 Å². The predicted molar refractivity (Wildman–Crippen MR) is 158 cm³/mol. The molecule has 1 atom stereocenters. The quantitative estimate of drug-likeness (QED) is 0.126. The lowest BCUT2D eigenvalue weighted by Crippen LogP contribution is -2.53. The molecule has 1 fully saturated rings. The predicted octanol–water partition coefficient (Wildman–Crippen LogP) is 5.48. The minimum Gasteiger partial charge on any atom is -0.428 e. The summed E-state index contributed by atoms with van der Waals surface area (Å²) >= 11 is 3.42. The van der Waals surface area contributed by atoms with Gasteiger partial charge in [-0.25, -0.2) is 14.5 Å². The van der Waals surface area contributed by atoms with E-state index in [0.717, 1.165) is 15.4 Å². The van der Waals surface area contributed by atoms with Crippen LogP contribution in [0.3, 0.4) is 0 Å². The molecule has 0 aliphatic carbocycles. The number of benzene rings is 2. The van der Waals surface area contributed by atoms with Crippen molar-refractivity contribution >= 4 is 48.0 Å². The van der Waals surface area contributed by atoms with Crippen LogP contribution in [0.2, 0.25) is 25.7 Å². The average molecular weight is 647 g/mol. The Labute approximate surface area is 249 Å². The van der Waals surface area contributed by atoms with Gasteiger partial charge in [-0.3, -0.25) is 9.59 Å². The van der Waals surface area contributed by atoms with Gasteiger partial charge in [-0.1, -0.05) is 53.8 Å². The first kappa shape index (κ1) is 30.7. The summed E-state index contributed by atoms with van der Waals surface area (Å²) in [7, 11) is -1.35. The highest BCUT2D eigenvalue weighted by Gasteiger charge is 2.54. The molecule has 4 amide bonds. The second kappa shape index (κ2) is 11.6. The Bertz CT molecular complexity index is 1350. The zero-order valence-corrected chi connectivity index (χ0v) is 26.8. The Kier molecular flexibility index (Phi) is 8.67. The molecule has 0 spiro atoms. The number of nitrogens with zero attached hydrogens (tertiary/aromatic N) is 2. The van der Waals surface area contributed by atoms with Gasteiger partial charge in [0.15, 0.2) is 5.54 Å². The molecule has 2 aromatic carbocycles. The fourth-order valence-corrected chi connectivity index (χ4v) is 5.61. The summed E-state index contributed by atoms with van der Waals surface area (Å²) in [5.41, 5.74) is -0.636. The fourth-order valence-electron chi connectivity index (χ4n) is 4.59. The Morgan fingerprint density at radius 3 is 2.39 bits per heavy atom. The standard InChI is InChI=1S/C29H36BrN3O7Si/c1-28(2,3)40-27(37)39-22-12-7-19-16-32(24(34)23(19)15-22)17-29(20-8-10-21(30)11-9-20)25(35)33(26(36)31-29)18-38-13-14-41(4,5)6/h7-12,15H,13-14,16-18H2,1-6H3,(H,31,36)/t29-/m0/s1. The fraction of sp³-hybridized carbons (Fsp3) is 0.448. The number of fused-ring (bicyclic) bond motifs is 1. The summed E-state index contributed by atoms with van der Waals surface area (Å²) < 4.78 is 17.0. The molecule has 2 heterocycles. The zero-order chi connectivity index (χ0) is 30.2. The monoisotopic (exact) mass is 645 g/mol. The second-order valence-corrected chi connectivity index (χ2v) is 19.0.